The standard InChI is InChI=1S/C10H17N3O4/c11-7(2-4-9(15)16)10(17)12-5-6-1-3-8(14)13-6/h6-7H,1-5,11H2,(H,12,17)(H,13,14)(H,15,16). The van der Waals surface area contributed by atoms with E-state index in [2.05, 4.69) is 10.6 Å². The van der Waals surface area contributed by atoms with E-state index in [1.807, 2.05) is 0 Å². The molecular weight excluding hydrogens is 226 g/mol. The van der Waals surface area contributed by atoms with E-state index in [-0.39, 0.29) is 30.7 Å². The molecule has 5 N–H and O–H groups in total. The van der Waals surface area contributed by atoms with Gasteiger partial charge < -0.3 is 21.5 Å². The minimum atomic E-state index is -0.976. The molecule has 0 radical (unpaired) electrons. The van der Waals surface area contributed by atoms with Crippen LogP contribution in [-0.4, -0.2) is 41.5 Å². The molecule has 0 saturated carbocycles. The largest absolute Gasteiger partial charge is 0.481 e. The number of carboxylic acid groups (broad SMARTS) is 1. The van der Waals surface area contributed by atoms with Crippen molar-refractivity contribution in [3.8, 4) is 0 Å². The number of rotatable bonds is 6. The number of hydrogen-bond acceptors (Lipinski definition) is 4. The molecule has 0 aromatic carbocycles. The van der Waals surface area contributed by atoms with Crippen molar-refractivity contribution in [3.63, 3.8) is 0 Å². The van der Waals surface area contributed by atoms with Crippen LogP contribution in [-0.2, 0) is 14.4 Å². The van der Waals surface area contributed by atoms with Gasteiger partial charge in [0.25, 0.3) is 0 Å². The minimum absolute atomic E-state index is 0.0144. The van der Waals surface area contributed by atoms with Crippen LogP contribution in [0.2, 0.25) is 0 Å². The van der Waals surface area contributed by atoms with Gasteiger partial charge in [0.05, 0.1) is 6.04 Å². The number of hydrogen-bond donors (Lipinski definition) is 4. The normalized spacial score (nSPS) is 20.8. The van der Waals surface area contributed by atoms with Crippen molar-refractivity contribution in [1.82, 2.24) is 10.6 Å². The summed E-state index contributed by atoms with van der Waals surface area (Å²) in [6.07, 6.45) is 1.15. The van der Waals surface area contributed by atoms with Gasteiger partial charge in [0.1, 0.15) is 0 Å². The van der Waals surface area contributed by atoms with Gasteiger partial charge in [-0.2, -0.15) is 0 Å². The zero-order chi connectivity index (χ0) is 12.8. The Hall–Kier alpha value is -1.63. The Morgan fingerprint density at radius 2 is 2.29 bits per heavy atom. The highest BCUT2D eigenvalue weighted by atomic mass is 16.4. The topological polar surface area (TPSA) is 122 Å². The maximum absolute atomic E-state index is 11.5. The van der Waals surface area contributed by atoms with Crippen molar-refractivity contribution in [3.05, 3.63) is 0 Å². The van der Waals surface area contributed by atoms with Crippen LogP contribution in [0.4, 0.5) is 0 Å². The smallest absolute Gasteiger partial charge is 0.303 e. The first-order valence-corrected chi connectivity index (χ1v) is 5.53. The van der Waals surface area contributed by atoms with Crippen molar-refractivity contribution in [2.75, 3.05) is 6.54 Å². The monoisotopic (exact) mass is 243 g/mol. The second-order valence-corrected chi connectivity index (χ2v) is 4.09. The molecule has 1 aliphatic rings. The third-order valence-electron chi connectivity index (χ3n) is 2.61. The third kappa shape index (κ3) is 4.81. The minimum Gasteiger partial charge on any atom is -0.481 e. The highest BCUT2D eigenvalue weighted by Crippen LogP contribution is 2.05. The number of nitrogens with two attached hydrogens (primary N) is 1. The number of amides is 2. The molecule has 1 aliphatic heterocycles. The molecule has 7 heteroatoms. The lowest BCUT2D eigenvalue weighted by molar-refractivity contribution is -0.137. The molecule has 0 spiro atoms. The summed E-state index contributed by atoms with van der Waals surface area (Å²) in [5, 5.41) is 13.7. The van der Waals surface area contributed by atoms with Crippen LogP contribution in [0.3, 0.4) is 0 Å². The van der Waals surface area contributed by atoms with E-state index in [4.69, 9.17) is 10.8 Å². The zero-order valence-electron chi connectivity index (χ0n) is 9.44. The van der Waals surface area contributed by atoms with Crippen molar-refractivity contribution in [1.29, 1.82) is 0 Å². The highest BCUT2D eigenvalue weighted by Gasteiger charge is 2.22. The van der Waals surface area contributed by atoms with E-state index in [0.717, 1.165) is 0 Å². The Balaban J connectivity index is 2.19. The molecule has 0 aromatic heterocycles. The summed E-state index contributed by atoms with van der Waals surface area (Å²) in [5.74, 6) is -1.37. The SMILES string of the molecule is NC(CCC(=O)O)C(=O)NCC1CCC(=O)N1. The number of carboxylic acids is 1. The maximum Gasteiger partial charge on any atom is 0.303 e. The fourth-order valence-electron chi connectivity index (χ4n) is 1.60. The zero-order valence-corrected chi connectivity index (χ0v) is 9.44. The van der Waals surface area contributed by atoms with Crippen molar-refractivity contribution in [2.24, 2.45) is 5.73 Å². The van der Waals surface area contributed by atoms with Crippen LogP contribution in [0.15, 0.2) is 0 Å². The van der Waals surface area contributed by atoms with Gasteiger partial charge in [-0.3, -0.25) is 14.4 Å². The molecule has 2 atom stereocenters. The molecule has 2 amide bonds. The van der Waals surface area contributed by atoms with Gasteiger partial charge in [0.15, 0.2) is 0 Å². The Labute approximate surface area is 98.7 Å². The molecule has 1 rings (SSSR count). The van der Waals surface area contributed by atoms with Crippen LogP contribution in [0, 0.1) is 0 Å². The predicted octanol–water partition coefficient (Wildman–Crippen LogP) is -1.43. The molecule has 96 valence electrons. The predicted molar refractivity (Wildman–Crippen MR) is 59.0 cm³/mol. The summed E-state index contributed by atoms with van der Waals surface area (Å²) in [5.41, 5.74) is 5.51. The van der Waals surface area contributed by atoms with E-state index in [1.165, 1.54) is 0 Å². The summed E-state index contributed by atoms with van der Waals surface area (Å²) in [6, 6.07) is -0.860. The van der Waals surface area contributed by atoms with Gasteiger partial charge in [-0.05, 0) is 12.8 Å². The fraction of sp³-hybridized carbons (Fsp3) is 0.700. The molecule has 0 bridgehead atoms. The van der Waals surface area contributed by atoms with E-state index in [9.17, 15) is 14.4 Å². The number of nitrogens with one attached hydrogen (secondary N) is 2. The van der Waals surface area contributed by atoms with Crippen LogP contribution < -0.4 is 16.4 Å². The van der Waals surface area contributed by atoms with E-state index >= 15 is 0 Å². The van der Waals surface area contributed by atoms with Crippen LogP contribution in [0.1, 0.15) is 25.7 Å². The maximum atomic E-state index is 11.5. The number of aliphatic carboxylic acids is 1. The van der Waals surface area contributed by atoms with Crippen molar-refractivity contribution < 1.29 is 19.5 Å². The third-order valence-corrected chi connectivity index (χ3v) is 2.61. The van der Waals surface area contributed by atoms with E-state index in [1.54, 1.807) is 0 Å². The summed E-state index contributed by atoms with van der Waals surface area (Å²) < 4.78 is 0. The van der Waals surface area contributed by atoms with Gasteiger partial charge in [0.2, 0.25) is 11.8 Å². The summed E-state index contributed by atoms with van der Waals surface area (Å²) in [7, 11) is 0. The van der Waals surface area contributed by atoms with Crippen LogP contribution >= 0.6 is 0 Å². The Morgan fingerprint density at radius 3 is 2.82 bits per heavy atom. The van der Waals surface area contributed by atoms with Crippen LogP contribution in [0.5, 0.6) is 0 Å². The highest BCUT2D eigenvalue weighted by molar-refractivity contribution is 5.82. The van der Waals surface area contributed by atoms with Gasteiger partial charge in [-0.15, -0.1) is 0 Å². The summed E-state index contributed by atoms with van der Waals surface area (Å²) >= 11 is 0. The quantitative estimate of drug-likeness (QED) is 0.456. The molecule has 17 heavy (non-hydrogen) atoms. The summed E-state index contributed by atoms with van der Waals surface area (Å²) in [4.78, 5) is 32.6. The lowest BCUT2D eigenvalue weighted by Crippen LogP contribution is -2.45. The lowest BCUT2D eigenvalue weighted by atomic mass is 10.1. The van der Waals surface area contributed by atoms with E-state index in [0.29, 0.717) is 19.4 Å². The molecule has 0 aliphatic carbocycles. The fourth-order valence-corrected chi connectivity index (χ4v) is 1.60. The second-order valence-electron chi connectivity index (χ2n) is 4.09. The Kier molecular flexibility index (Phi) is 4.89. The Bertz CT molecular complexity index is 319. The second kappa shape index (κ2) is 6.19. The molecular formula is C10H17N3O4. The molecule has 1 saturated heterocycles. The van der Waals surface area contributed by atoms with Gasteiger partial charge in [0, 0.05) is 25.4 Å². The average molecular weight is 243 g/mol. The van der Waals surface area contributed by atoms with Gasteiger partial charge in [-0.1, -0.05) is 0 Å². The van der Waals surface area contributed by atoms with E-state index < -0.39 is 12.0 Å². The first-order valence-electron chi connectivity index (χ1n) is 5.53. The number of carbonyl (C=O) groups is 3. The molecule has 1 fully saturated rings. The van der Waals surface area contributed by atoms with Crippen molar-refractivity contribution >= 4 is 17.8 Å². The first-order chi connectivity index (χ1) is 7.99. The van der Waals surface area contributed by atoms with Gasteiger partial charge >= 0.3 is 5.97 Å². The Morgan fingerprint density at radius 1 is 1.59 bits per heavy atom. The van der Waals surface area contributed by atoms with Crippen molar-refractivity contribution in [2.45, 2.75) is 37.8 Å². The molecule has 7 nitrogen and oxygen atoms in total. The average Bonchev–Trinajstić information content (AvgIpc) is 2.68. The van der Waals surface area contributed by atoms with Crippen LogP contribution in [0.25, 0.3) is 0 Å². The molecule has 1 heterocycles. The molecule has 2 unspecified atom stereocenters. The summed E-state index contributed by atoms with van der Waals surface area (Å²) in [6.45, 7) is 0.339. The van der Waals surface area contributed by atoms with Gasteiger partial charge in [-0.25, -0.2) is 0 Å². The number of carbonyl (C=O) groups excluding carboxylic acids is 2. The molecule has 0 aromatic rings. The lowest BCUT2D eigenvalue weighted by Gasteiger charge is -2.14. The first kappa shape index (κ1) is 13.4.